The summed E-state index contributed by atoms with van der Waals surface area (Å²) in [5.41, 5.74) is 8.88. The predicted octanol–water partition coefficient (Wildman–Crippen LogP) is 3.48. The predicted molar refractivity (Wildman–Crippen MR) is 113 cm³/mol. The Bertz CT molecular complexity index is 947. The summed E-state index contributed by atoms with van der Waals surface area (Å²) in [5.74, 6) is 1.24. The van der Waals surface area contributed by atoms with Crippen molar-refractivity contribution in [2.75, 3.05) is 19.6 Å². The van der Waals surface area contributed by atoms with Gasteiger partial charge >= 0.3 is 0 Å². The molecule has 2 atom stereocenters. The van der Waals surface area contributed by atoms with Gasteiger partial charge in [-0.3, -0.25) is 9.78 Å². The van der Waals surface area contributed by atoms with Gasteiger partial charge in [0, 0.05) is 42.5 Å². The van der Waals surface area contributed by atoms with Crippen molar-refractivity contribution >= 4 is 5.91 Å². The summed E-state index contributed by atoms with van der Waals surface area (Å²) in [7, 11) is 0. The van der Waals surface area contributed by atoms with Crippen LogP contribution in [0.25, 0.3) is 0 Å². The third-order valence-corrected chi connectivity index (χ3v) is 5.47. The van der Waals surface area contributed by atoms with E-state index >= 15 is 0 Å². The summed E-state index contributed by atoms with van der Waals surface area (Å²) in [6, 6.07) is 21.5. The Hall–Kier alpha value is -3.18. The van der Waals surface area contributed by atoms with Crippen molar-refractivity contribution in [2.45, 2.75) is 12.5 Å². The molecule has 2 aromatic carbocycles. The van der Waals surface area contributed by atoms with E-state index in [0.717, 1.165) is 5.56 Å². The van der Waals surface area contributed by atoms with Gasteiger partial charge in [-0.15, -0.1) is 0 Å². The van der Waals surface area contributed by atoms with E-state index in [1.807, 2.05) is 59.5 Å². The molecule has 1 aliphatic heterocycles. The number of ether oxygens (including phenoxy) is 1. The van der Waals surface area contributed by atoms with Gasteiger partial charge < -0.3 is 15.4 Å². The number of benzene rings is 2. The molecule has 1 saturated heterocycles. The Balaban J connectivity index is 1.45. The molecule has 0 spiro atoms. The number of aromatic nitrogens is 1. The second-order valence-corrected chi connectivity index (χ2v) is 7.40. The maximum absolute atomic E-state index is 13.1. The van der Waals surface area contributed by atoms with Crippen LogP contribution in [0, 0.1) is 5.92 Å². The topological polar surface area (TPSA) is 68.5 Å². The van der Waals surface area contributed by atoms with E-state index < -0.39 is 0 Å². The van der Waals surface area contributed by atoms with Crippen LogP contribution in [0.15, 0.2) is 79.1 Å². The van der Waals surface area contributed by atoms with Crippen LogP contribution in [0.2, 0.25) is 0 Å². The maximum atomic E-state index is 13.1. The Kier molecular flexibility index (Phi) is 5.86. The van der Waals surface area contributed by atoms with Crippen LogP contribution < -0.4 is 10.5 Å². The SMILES string of the molecule is NC[C@@H]1CN(C(=O)c2cccc(OCc3cccnc3)c2)C[C@H]1c1ccccc1. The zero-order chi connectivity index (χ0) is 20.1. The first kappa shape index (κ1) is 19.2. The molecule has 5 nitrogen and oxygen atoms in total. The summed E-state index contributed by atoms with van der Waals surface area (Å²) >= 11 is 0. The van der Waals surface area contributed by atoms with E-state index in [9.17, 15) is 4.79 Å². The molecule has 0 unspecified atom stereocenters. The van der Waals surface area contributed by atoms with Gasteiger partial charge in [0.05, 0.1) is 0 Å². The number of pyridine rings is 1. The lowest BCUT2D eigenvalue weighted by Crippen LogP contribution is -2.29. The van der Waals surface area contributed by atoms with Crippen LogP contribution in [0.4, 0.5) is 0 Å². The smallest absolute Gasteiger partial charge is 0.254 e. The van der Waals surface area contributed by atoms with Gasteiger partial charge in [-0.1, -0.05) is 42.5 Å². The molecule has 0 bridgehead atoms. The number of rotatable bonds is 6. The first-order valence-electron chi connectivity index (χ1n) is 9.90. The lowest BCUT2D eigenvalue weighted by atomic mass is 9.89. The molecule has 3 aromatic rings. The highest BCUT2D eigenvalue weighted by Crippen LogP contribution is 2.33. The normalized spacial score (nSPS) is 18.6. The van der Waals surface area contributed by atoms with E-state index in [1.54, 1.807) is 12.4 Å². The summed E-state index contributed by atoms with van der Waals surface area (Å²) in [5, 5.41) is 0. The summed E-state index contributed by atoms with van der Waals surface area (Å²) in [6.45, 7) is 2.35. The van der Waals surface area contributed by atoms with Gasteiger partial charge in [-0.05, 0) is 42.3 Å². The Morgan fingerprint density at radius 1 is 1.07 bits per heavy atom. The number of hydrogen-bond donors (Lipinski definition) is 1. The summed E-state index contributed by atoms with van der Waals surface area (Å²) in [6.07, 6.45) is 3.51. The number of hydrogen-bond acceptors (Lipinski definition) is 4. The van der Waals surface area contributed by atoms with E-state index in [4.69, 9.17) is 10.5 Å². The Morgan fingerprint density at radius 2 is 1.93 bits per heavy atom. The molecule has 0 saturated carbocycles. The largest absolute Gasteiger partial charge is 0.489 e. The van der Waals surface area contributed by atoms with Gasteiger partial charge in [0.15, 0.2) is 0 Å². The van der Waals surface area contributed by atoms with Crippen molar-refractivity contribution in [3.63, 3.8) is 0 Å². The molecule has 1 amide bonds. The van der Waals surface area contributed by atoms with E-state index in [0.29, 0.717) is 37.6 Å². The van der Waals surface area contributed by atoms with Gasteiger partial charge in [0.25, 0.3) is 5.91 Å². The van der Waals surface area contributed by atoms with Crippen LogP contribution in [0.1, 0.15) is 27.4 Å². The highest BCUT2D eigenvalue weighted by molar-refractivity contribution is 5.94. The first-order chi connectivity index (χ1) is 14.2. The second-order valence-electron chi connectivity index (χ2n) is 7.40. The monoisotopic (exact) mass is 387 g/mol. The lowest BCUT2D eigenvalue weighted by molar-refractivity contribution is 0.0786. The highest BCUT2D eigenvalue weighted by atomic mass is 16.5. The third kappa shape index (κ3) is 4.46. The first-order valence-corrected chi connectivity index (χ1v) is 9.90. The molecule has 0 aliphatic carbocycles. The molecule has 0 radical (unpaired) electrons. The highest BCUT2D eigenvalue weighted by Gasteiger charge is 2.35. The number of amides is 1. The molecular formula is C24H25N3O2. The van der Waals surface area contributed by atoms with Crippen molar-refractivity contribution in [1.82, 2.24) is 9.88 Å². The molecule has 2 N–H and O–H groups in total. The number of carbonyl (C=O) groups is 1. The lowest BCUT2D eigenvalue weighted by Gasteiger charge is -2.17. The molecule has 4 rings (SSSR count). The fraction of sp³-hybridized carbons (Fsp3) is 0.250. The quantitative estimate of drug-likeness (QED) is 0.703. The molecule has 29 heavy (non-hydrogen) atoms. The van der Waals surface area contributed by atoms with Gasteiger partial charge in [0.2, 0.25) is 0 Å². The third-order valence-electron chi connectivity index (χ3n) is 5.47. The fourth-order valence-electron chi connectivity index (χ4n) is 3.91. The maximum Gasteiger partial charge on any atom is 0.254 e. The van der Waals surface area contributed by atoms with Gasteiger partial charge in [-0.25, -0.2) is 0 Å². The van der Waals surface area contributed by atoms with Crippen molar-refractivity contribution in [3.05, 3.63) is 95.8 Å². The van der Waals surface area contributed by atoms with Crippen molar-refractivity contribution in [2.24, 2.45) is 11.7 Å². The second kappa shape index (κ2) is 8.88. The zero-order valence-corrected chi connectivity index (χ0v) is 16.3. The van der Waals surface area contributed by atoms with Crippen LogP contribution in [-0.4, -0.2) is 35.4 Å². The number of likely N-dealkylation sites (tertiary alicyclic amines) is 1. The zero-order valence-electron chi connectivity index (χ0n) is 16.3. The Morgan fingerprint density at radius 3 is 2.69 bits per heavy atom. The van der Waals surface area contributed by atoms with E-state index in [2.05, 4.69) is 17.1 Å². The summed E-state index contributed by atoms with van der Waals surface area (Å²) in [4.78, 5) is 19.1. The number of nitrogens with two attached hydrogens (primary N) is 1. The van der Waals surface area contributed by atoms with Crippen molar-refractivity contribution < 1.29 is 9.53 Å². The fourth-order valence-corrected chi connectivity index (χ4v) is 3.91. The van der Waals surface area contributed by atoms with Crippen LogP contribution in [0.5, 0.6) is 5.75 Å². The minimum Gasteiger partial charge on any atom is -0.489 e. The van der Waals surface area contributed by atoms with E-state index in [1.165, 1.54) is 5.56 Å². The average molecular weight is 387 g/mol. The number of carbonyl (C=O) groups excluding carboxylic acids is 1. The summed E-state index contributed by atoms with van der Waals surface area (Å²) < 4.78 is 5.85. The van der Waals surface area contributed by atoms with Crippen LogP contribution in [0.3, 0.4) is 0 Å². The Labute approximate surface area is 171 Å². The standard InChI is InChI=1S/C24H25N3O2/c25-13-21-15-27(16-23(21)19-7-2-1-3-8-19)24(28)20-9-4-10-22(12-20)29-17-18-6-5-11-26-14-18/h1-12,14,21,23H,13,15-17,25H2/t21-,23+/m1/s1. The van der Waals surface area contributed by atoms with Crippen molar-refractivity contribution in [3.8, 4) is 5.75 Å². The van der Waals surface area contributed by atoms with Crippen molar-refractivity contribution in [1.29, 1.82) is 0 Å². The van der Waals surface area contributed by atoms with Gasteiger partial charge in [-0.2, -0.15) is 0 Å². The minimum atomic E-state index is 0.0220. The molecule has 5 heteroatoms. The van der Waals surface area contributed by atoms with E-state index in [-0.39, 0.29) is 17.7 Å². The molecule has 1 fully saturated rings. The molecule has 1 aliphatic rings. The van der Waals surface area contributed by atoms with Crippen LogP contribution in [-0.2, 0) is 6.61 Å². The minimum absolute atomic E-state index is 0.0220. The van der Waals surface area contributed by atoms with Crippen LogP contribution >= 0.6 is 0 Å². The molecule has 148 valence electrons. The molecule has 2 heterocycles. The van der Waals surface area contributed by atoms with Gasteiger partial charge in [0.1, 0.15) is 12.4 Å². The molecule has 1 aromatic heterocycles. The molecular weight excluding hydrogens is 362 g/mol. The number of nitrogens with zero attached hydrogens (tertiary/aromatic N) is 2. The average Bonchev–Trinajstić information content (AvgIpc) is 3.23.